The van der Waals surface area contributed by atoms with E-state index in [-0.39, 0.29) is 24.0 Å². The Morgan fingerprint density at radius 3 is 2.83 bits per heavy atom. The largest absolute Gasteiger partial charge is 0.357 e. The molecule has 0 saturated heterocycles. The molecule has 0 saturated carbocycles. The molecule has 24 heavy (non-hydrogen) atoms. The van der Waals surface area contributed by atoms with Crippen LogP contribution in [0.1, 0.15) is 43.8 Å². The van der Waals surface area contributed by atoms with Gasteiger partial charge in [-0.05, 0) is 19.4 Å². The summed E-state index contributed by atoms with van der Waals surface area (Å²) in [5.74, 6) is 1.32. The predicted molar refractivity (Wildman–Crippen MR) is 111 cm³/mol. The van der Waals surface area contributed by atoms with E-state index in [1.807, 2.05) is 16.9 Å². The normalized spacial score (nSPS) is 11.4. The number of nitrogens with zero attached hydrogens (tertiary/aromatic N) is 4. The summed E-state index contributed by atoms with van der Waals surface area (Å²) >= 11 is 1.71. The van der Waals surface area contributed by atoms with E-state index >= 15 is 0 Å². The summed E-state index contributed by atoms with van der Waals surface area (Å²) in [6.45, 7) is 9.62. The second-order valence-electron chi connectivity index (χ2n) is 5.58. The highest BCUT2D eigenvalue weighted by molar-refractivity contribution is 14.0. The van der Waals surface area contributed by atoms with Crippen LogP contribution in [-0.4, -0.2) is 33.8 Å². The lowest BCUT2D eigenvalue weighted by atomic mass is 10.2. The van der Waals surface area contributed by atoms with Gasteiger partial charge in [0.25, 0.3) is 0 Å². The maximum atomic E-state index is 4.62. The zero-order valence-corrected chi connectivity index (χ0v) is 17.7. The van der Waals surface area contributed by atoms with Crippen LogP contribution >= 0.6 is 35.3 Å². The van der Waals surface area contributed by atoms with Crippen LogP contribution in [0.2, 0.25) is 0 Å². The minimum atomic E-state index is 0. The molecule has 0 spiro atoms. The molecule has 2 aromatic rings. The highest BCUT2D eigenvalue weighted by Gasteiger charge is 2.05. The molecule has 0 bridgehead atoms. The van der Waals surface area contributed by atoms with Gasteiger partial charge in [0.15, 0.2) is 5.96 Å². The van der Waals surface area contributed by atoms with Crippen LogP contribution in [0.5, 0.6) is 0 Å². The van der Waals surface area contributed by atoms with Crippen LogP contribution in [0, 0.1) is 0 Å². The van der Waals surface area contributed by atoms with E-state index in [0.29, 0.717) is 12.5 Å². The standard InChI is InChI=1S/C16H26N6S.HI/c1-4-17-16(18-7-5-9-22-10-6-8-20-22)19-11-14-12-23-15(21-14)13(2)3;/h6,8,10,12-13H,4-5,7,9,11H2,1-3H3,(H2,17,18,19);1H. The molecule has 6 nitrogen and oxygen atoms in total. The van der Waals surface area contributed by atoms with Crippen molar-refractivity contribution in [1.29, 1.82) is 0 Å². The summed E-state index contributed by atoms with van der Waals surface area (Å²) in [5.41, 5.74) is 1.03. The van der Waals surface area contributed by atoms with Crippen molar-refractivity contribution in [1.82, 2.24) is 25.4 Å². The van der Waals surface area contributed by atoms with Crippen LogP contribution in [0.25, 0.3) is 0 Å². The summed E-state index contributed by atoms with van der Waals surface area (Å²) in [4.78, 5) is 9.22. The first-order valence-corrected chi connectivity index (χ1v) is 9.01. The maximum Gasteiger partial charge on any atom is 0.191 e. The third kappa shape index (κ3) is 7.16. The molecule has 0 atom stereocenters. The predicted octanol–water partition coefficient (Wildman–Crippen LogP) is 3.23. The molecule has 2 aromatic heterocycles. The fourth-order valence-corrected chi connectivity index (χ4v) is 2.87. The van der Waals surface area contributed by atoms with Crippen molar-refractivity contribution in [3.63, 3.8) is 0 Å². The number of aliphatic imine (C=N–C) groups is 1. The first-order chi connectivity index (χ1) is 11.2. The SMILES string of the molecule is CCNC(=NCc1csc(C(C)C)n1)NCCCn1cccn1.I. The fraction of sp³-hybridized carbons (Fsp3) is 0.562. The first kappa shape index (κ1) is 20.9. The topological polar surface area (TPSA) is 67.1 Å². The van der Waals surface area contributed by atoms with Gasteiger partial charge in [-0.25, -0.2) is 9.98 Å². The van der Waals surface area contributed by atoms with E-state index in [2.05, 4.69) is 51.9 Å². The highest BCUT2D eigenvalue weighted by atomic mass is 127. The molecule has 2 N–H and O–H groups in total. The quantitative estimate of drug-likeness (QED) is 0.274. The van der Waals surface area contributed by atoms with Crippen molar-refractivity contribution in [3.8, 4) is 0 Å². The lowest BCUT2D eigenvalue weighted by Gasteiger charge is -2.11. The Bertz CT molecular complexity index is 593. The first-order valence-electron chi connectivity index (χ1n) is 8.13. The molecule has 134 valence electrons. The van der Waals surface area contributed by atoms with Gasteiger partial charge in [0.05, 0.1) is 17.2 Å². The number of nitrogens with one attached hydrogen (secondary N) is 2. The Labute approximate surface area is 165 Å². The summed E-state index contributed by atoms with van der Waals surface area (Å²) in [6, 6.07) is 1.94. The Morgan fingerprint density at radius 2 is 2.21 bits per heavy atom. The average Bonchev–Trinajstić information content (AvgIpc) is 3.20. The Balaban J connectivity index is 0.00000288. The van der Waals surface area contributed by atoms with Crippen molar-refractivity contribution in [3.05, 3.63) is 34.5 Å². The molecule has 0 radical (unpaired) electrons. The van der Waals surface area contributed by atoms with Gasteiger partial charge in [-0.1, -0.05) is 13.8 Å². The Kier molecular flexibility index (Phi) is 9.92. The monoisotopic (exact) mass is 462 g/mol. The van der Waals surface area contributed by atoms with Crippen molar-refractivity contribution >= 4 is 41.3 Å². The van der Waals surface area contributed by atoms with Gasteiger partial charge in [0, 0.05) is 43.3 Å². The van der Waals surface area contributed by atoms with Crippen LogP contribution in [-0.2, 0) is 13.1 Å². The van der Waals surface area contributed by atoms with Gasteiger partial charge in [-0.15, -0.1) is 35.3 Å². The molecular formula is C16H27IN6S. The van der Waals surface area contributed by atoms with Crippen LogP contribution in [0.15, 0.2) is 28.8 Å². The zero-order valence-electron chi connectivity index (χ0n) is 14.5. The summed E-state index contributed by atoms with van der Waals surface area (Å²) < 4.78 is 1.94. The number of hydrogen-bond donors (Lipinski definition) is 2. The van der Waals surface area contributed by atoms with Crippen molar-refractivity contribution in [2.75, 3.05) is 13.1 Å². The molecule has 0 unspecified atom stereocenters. The molecule has 0 amide bonds. The van der Waals surface area contributed by atoms with Crippen molar-refractivity contribution < 1.29 is 0 Å². The molecule has 0 aromatic carbocycles. The Morgan fingerprint density at radius 1 is 1.38 bits per heavy atom. The van der Waals surface area contributed by atoms with E-state index in [0.717, 1.165) is 37.7 Å². The number of aryl methyl sites for hydroxylation is 1. The molecule has 2 rings (SSSR count). The molecule has 0 aliphatic rings. The van der Waals surface area contributed by atoms with Gasteiger partial charge in [0.2, 0.25) is 0 Å². The lowest BCUT2D eigenvalue weighted by molar-refractivity contribution is 0.570. The van der Waals surface area contributed by atoms with Gasteiger partial charge < -0.3 is 10.6 Å². The molecule has 2 heterocycles. The van der Waals surface area contributed by atoms with E-state index in [1.54, 1.807) is 17.5 Å². The molecule has 8 heteroatoms. The smallest absolute Gasteiger partial charge is 0.191 e. The Hall–Kier alpha value is -1.16. The molecule has 0 aliphatic carbocycles. The highest BCUT2D eigenvalue weighted by Crippen LogP contribution is 2.19. The zero-order chi connectivity index (χ0) is 16.5. The number of hydrogen-bond acceptors (Lipinski definition) is 4. The lowest BCUT2D eigenvalue weighted by Crippen LogP contribution is -2.38. The van der Waals surface area contributed by atoms with E-state index in [1.165, 1.54) is 5.01 Å². The number of aromatic nitrogens is 3. The van der Waals surface area contributed by atoms with Gasteiger partial charge in [0.1, 0.15) is 0 Å². The summed E-state index contributed by atoms with van der Waals surface area (Å²) in [5, 5.41) is 14.1. The van der Waals surface area contributed by atoms with Crippen LogP contribution in [0.4, 0.5) is 0 Å². The second-order valence-corrected chi connectivity index (χ2v) is 6.47. The van der Waals surface area contributed by atoms with Crippen molar-refractivity contribution in [2.45, 2.75) is 46.2 Å². The minimum Gasteiger partial charge on any atom is -0.357 e. The van der Waals surface area contributed by atoms with Gasteiger partial charge in [-0.3, -0.25) is 4.68 Å². The summed E-state index contributed by atoms with van der Waals surface area (Å²) in [6.07, 6.45) is 4.78. The number of thiazole rings is 1. The molecular weight excluding hydrogens is 435 g/mol. The molecule has 0 aliphatic heterocycles. The van der Waals surface area contributed by atoms with Crippen LogP contribution in [0.3, 0.4) is 0 Å². The van der Waals surface area contributed by atoms with Gasteiger partial charge in [-0.2, -0.15) is 5.10 Å². The number of rotatable bonds is 8. The van der Waals surface area contributed by atoms with E-state index in [4.69, 9.17) is 0 Å². The number of halogens is 1. The maximum absolute atomic E-state index is 4.62. The third-order valence-electron chi connectivity index (χ3n) is 3.22. The minimum absolute atomic E-state index is 0. The average molecular weight is 462 g/mol. The van der Waals surface area contributed by atoms with Crippen LogP contribution < -0.4 is 10.6 Å². The van der Waals surface area contributed by atoms with E-state index in [9.17, 15) is 0 Å². The second kappa shape index (κ2) is 11.4. The fourth-order valence-electron chi connectivity index (χ4n) is 2.04. The third-order valence-corrected chi connectivity index (χ3v) is 4.42. The summed E-state index contributed by atoms with van der Waals surface area (Å²) in [7, 11) is 0. The van der Waals surface area contributed by atoms with E-state index < -0.39 is 0 Å². The van der Waals surface area contributed by atoms with Crippen molar-refractivity contribution in [2.24, 2.45) is 4.99 Å². The van der Waals surface area contributed by atoms with Gasteiger partial charge >= 0.3 is 0 Å². The molecule has 0 fully saturated rings. The number of guanidine groups is 1.